The number of rotatable bonds is 4. The molecule has 4 aromatic rings. The number of benzene rings is 2. The Balaban J connectivity index is 1.18. The van der Waals surface area contributed by atoms with Gasteiger partial charge < -0.3 is 34.2 Å². The molecule has 3 amide bonds. The minimum absolute atomic E-state index is 0.0332. The fourth-order valence-electron chi connectivity index (χ4n) is 9.80. The molecule has 60 heavy (non-hydrogen) atoms. The zero-order valence-corrected chi connectivity index (χ0v) is 33.4. The van der Waals surface area contributed by atoms with Crippen molar-refractivity contribution in [1.29, 1.82) is 0 Å². The number of halogens is 4. The van der Waals surface area contributed by atoms with E-state index in [1.165, 1.54) is 36.2 Å². The zero-order chi connectivity index (χ0) is 41.9. The summed E-state index contributed by atoms with van der Waals surface area (Å²) in [7, 11) is 0. The monoisotopic (exact) mass is 834 g/mol. The number of carbonyl (C=O) groups is 3. The number of hydrogen-bond acceptors (Lipinski definition) is 11. The van der Waals surface area contributed by atoms with Gasteiger partial charge in [-0.1, -0.05) is 6.07 Å². The predicted molar refractivity (Wildman–Crippen MR) is 212 cm³/mol. The summed E-state index contributed by atoms with van der Waals surface area (Å²) < 4.78 is 81.5. The Kier molecular flexibility index (Phi) is 10.3. The number of aryl methyl sites for hydroxylation is 1. The van der Waals surface area contributed by atoms with Crippen LogP contribution < -0.4 is 19.7 Å². The van der Waals surface area contributed by atoms with E-state index in [4.69, 9.17) is 19.2 Å². The molecule has 4 atom stereocenters. The van der Waals surface area contributed by atoms with Gasteiger partial charge in [-0.05, 0) is 73.7 Å². The first kappa shape index (κ1) is 39.9. The van der Waals surface area contributed by atoms with E-state index in [1.807, 2.05) is 0 Å². The van der Waals surface area contributed by atoms with Crippen LogP contribution in [0.3, 0.4) is 0 Å². The van der Waals surface area contributed by atoms with Crippen molar-refractivity contribution in [1.82, 2.24) is 35.0 Å². The van der Waals surface area contributed by atoms with Crippen molar-refractivity contribution in [3.8, 4) is 23.0 Å². The summed E-state index contributed by atoms with van der Waals surface area (Å²) in [6.07, 6.45) is -0.487. The molecule has 8 heterocycles. The molecule has 0 aliphatic carbocycles. The number of fused-ring (bicyclic) bond motifs is 7. The lowest BCUT2D eigenvalue weighted by molar-refractivity contribution is -0.130. The van der Waals surface area contributed by atoms with Crippen molar-refractivity contribution in [2.45, 2.75) is 75.8 Å². The van der Waals surface area contributed by atoms with Crippen molar-refractivity contribution >= 4 is 45.6 Å². The molecule has 0 spiro atoms. The smallest absolute Gasteiger partial charge is 0.415 e. The molecule has 18 heteroatoms. The van der Waals surface area contributed by atoms with Crippen LogP contribution in [-0.2, 0) is 16.0 Å². The molecule has 14 nitrogen and oxygen atoms in total. The third-order valence-electron chi connectivity index (χ3n) is 12.6. The number of aromatic nitrogens is 3. The highest BCUT2D eigenvalue weighted by molar-refractivity contribution is 6.02. The molecule has 6 aliphatic rings. The standard InChI is InChI=1S/C42H46F4N8O6/c1-24(55)51-10-12-52(13-11-51)40(57)60-28-15-25-6-7-32(45)29-5-3-14-58-39(56)50-41(2)17-26(43)20-53(22-41)37-31-19-47-35(30(16-28)33(25)29)34(46)36(31)48-38(49-37)59-23-42-8-4-9-54(42)21-27(44)18-42/h6-7,15-16,19,26-27H,3-5,8-14,17-18,20-23H2,1-2H3,(H,50,56)/t26-,27-,41-,42+/m1/s1. The van der Waals surface area contributed by atoms with E-state index in [-0.39, 0.29) is 123 Å². The number of hydrogen-bond donors (Lipinski definition) is 1. The fourth-order valence-corrected chi connectivity index (χ4v) is 9.80. The molecule has 0 saturated carbocycles. The van der Waals surface area contributed by atoms with Crippen LogP contribution in [0.4, 0.5) is 33.0 Å². The molecule has 10 rings (SSSR count). The Labute approximate surface area is 343 Å². The van der Waals surface area contributed by atoms with Gasteiger partial charge in [-0.2, -0.15) is 9.97 Å². The average Bonchev–Trinajstić information content (AvgIpc) is 3.74. The zero-order valence-electron chi connectivity index (χ0n) is 33.4. The highest BCUT2D eigenvalue weighted by atomic mass is 19.1. The first-order chi connectivity index (χ1) is 28.8. The lowest BCUT2D eigenvalue weighted by atomic mass is 9.90. The van der Waals surface area contributed by atoms with Gasteiger partial charge in [0.2, 0.25) is 5.91 Å². The number of alkyl carbamates (subject to hydrolysis) is 1. The first-order valence-corrected chi connectivity index (χ1v) is 20.5. The average molecular weight is 835 g/mol. The molecular weight excluding hydrogens is 789 g/mol. The van der Waals surface area contributed by atoms with Crippen LogP contribution in [0.2, 0.25) is 0 Å². The summed E-state index contributed by atoms with van der Waals surface area (Å²) in [6, 6.07) is 5.53. The van der Waals surface area contributed by atoms with Gasteiger partial charge in [0.05, 0.1) is 29.6 Å². The lowest BCUT2D eigenvalue weighted by Crippen LogP contribution is -2.60. The molecule has 4 saturated heterocycles. The largest absolute Gasteiger partial charge is 0.461 e. The predicted octanol–water partition coefficient (Wildman–Crippen LogP) is 5.72. The van der Waals surface area contributed by atoms with Gasteiger partial charge in [-0.3, -0.25) is 14.7 Å². The normalized spacial score (nSPS) is 26.0. The second-order valence-corrected chi connectivity index (χ2v) is 16.9. The van der Waals surface area contributed by atoms with E-state index in [2.05, 4.69) is 20.2 Å². The Morgan fingerprint density at radius 3 is 2.58 bits per heavy atom. The molecule has 2 aromatic heterocycles. The van der Waals surface area contributed by atoms with Crippen LogP contribution in [0.15, 0.2) is 30.5 Å². The topological polar surface area (TPSA) is 143 Å². The Morgan fingerprint density at radius 1 is 1.00 bits per heavy atom. The molecule has 318 valence electrons. The minimum Gasteiger partial charge on any atom is -0.461 e. The molecule has 6 bridgehead atoms. The molecule has 0 radical (unpaired) electrons. The van der Waals surface area contributed by atoms with Crippen molar-refractivity contribution in [2.75, 3.05) is 70.5 Å². The number of piperazine rings is 1. The molecule has 4 fully saturated rings. The summed E-state index contributed by atoms with van der Waals surface area (Å²) in [5.41, 5.74) is -1.87. The summed E-state index contributed by atoms with van der Waals surface area (Å²) in [6.45, 7) is 5.17. The van der Waals surface area contributed by atoms with Crippen LogP contribution >= 0.6 is 0 Å². The molecule has 6 aliphatic heterocycles. The third kappa shape index (κ3) is 7.47. The number of nitrogens with zero attached hydrogens (tertiary/aromatic N) is 7. The van der Waals surface area contributed by atoms with Crippen molar-refractivity contribution in [2.24, 2.45) is 0 Å². The second kappa shape index (κ2) is 15.5. The fraction of sp³-hybridized carbons (Fsp3) is 0.524. The number of alkyl halides is 2. The number of ether oxygens (including phenoxy) is 3. The van der Waals surface area contributed by atoms with Gasteiger partial charge in [0, 0.05) is 70.8 Å². The van der Waals surface area contributed by atoms with Gasteiger partial charge in [0.25, 0.3) is 0 Å². The third-order valence-corrected chi connectivity index (χ3v) is 12.6. The van der Waals surface area contributed by atoms with Gasteiger partial charge in [-0.15, -0.1) is 0 Å². The van der Waals surface area contributed by atoms with Gasteiger partial charge >= 0.3 is 18.2 Å². The van der Waals surface area contributed by atoms with Crippen LogP contribution in [0, 0.1) is 11.6 Å². The molecule has 1 N–H and O–H groups in total. The second-order valence-electron chi connectivity index (χ2n) is 16.9. The quantitative estimate of drug-likeness (QED) is 0.253. The van der Waals surface area contributed by atoms with Gasteiger partial charge in [0.15, 0.2) is 5.82 Å². The van der Waals surface area contributed by atoms with E-state index >= 15 is 13.2 Å². The summed E-state index contributed by atoms with van der Waals surface area (Å²) in [5.74, 6) is -1.45. The summed E-state index contributed by atoms with van der Waals surface area (Å²) in [4.78, 5) is 59.1. The number of anilines is 1. The van der Waals surface area contributed by atoms with Crippen LogP contribution in [0.5, 0.6) is 11.8 Å². The Hall–Kier alpha value is -5.52. The van der Waals surface area contributed by atoms with Gasteiger partial charge in [-0.25, -0.2) is 27.2 Å². The van der Waals surface area contributed by atoms with Crippen LogP contribution in [-0.4, -0.2) is 137 Å². The summed E-state index contributed by atoms with van der Waals surface area (Å²) in [5, 5.41) is 3.65. The van der Waals surface area contributed by atoms with Crippen LogP contribution in [0.25, 0.3) is 32.9 Å². The number of pyridine rings is 1. The maximum Gasteiger partial charge on any atom is 0.415 e. The van der Waals surface area contributed by atoms with E-state index in [9.17, 15) is 18.8 Å². The van der Waals surface area contributed by atoms with E-state index in [1.54, 1.807) is 22.8 Å². The molecule has 2 aromatic carbocycles. The van der Waals surface area contributed by atoms with Crippen LogP contribution in [0.1, 0.15) is 51.5 Å². The summed E-state index contributed by atoms with van der Waals surface area (Å²) >= 11 is 0. The van der Waals surface area contributed by atoms with E-state index in [0.717, 1.165) is 13.0 Å². The van der Waals surface area contributed by atoms with E-state index < -0.39 is 47.2 Å². The van der Waals surface area contributed by atoms with Crippen molar-refractivity contribution < 1.29 is 46.2 Å². The minimum atomic E-state index is -1.43. The van der Waals surface area contributed by atoms with E-state index in [0.29, 0.717) is 30.3 Å². The maximum atomic E-state index is 17.6. The molecular formula is C42H46F4N8O6. The number of nitrogens with one attached hydrogen (secondary N) is 1. The van der Waals surface area contributed by atoms with Crippen molar-refractivity contribution in [3.63, 3.8) is 0 Å². The number of carbonyl (C=O) groups excluding carboxylic acids is 3. The SMILES string of the molecule is CC(=O)N1CCN(C(=O)Oc2cc3c4c(c(F)ccc4c2)CCCOC(=O)N[C@]2(C)C[C@@H](F)CN(C2)c2nc(OC[C@@]45CCCN4C[C@H](F)C5)nc4c(F)c-3ncc24)CC1. The highest BCUT2D eigenvalue weighted by Gasteiger charge is 2.49. The lowest BCUT2D eigenvalue weighted by Gasteiger charge is -2.42. The van der Waals surface area contributed by atoms with Gasteiger partial charge in [0.1, 0.15) is 47.5 Å². The maximum absolute atomic E-state index is 17.6. The molecule has 0 unspecified atom stereocenters. The number of piperidine rings is 1. The highest BCUT2D eigenvalue weighted by Crippen LogP contribution is 2.43. The first-order valence-electron chi connectivity index (χ1n) is 20.5. The Bertz CT molecular complexity index is 2380. The van der Waals surface area contributed by atoms with Crippen molar-refractivity contribution in [3.05, 3.63) is 47.7 Å². The Morgan fingerprint density at radius 2 is 1.78 bits per heavy atom. The number of amides is 3.